The summed E-state index contributed by atoms with van der Waals surface area (Å²) < 4.78 is 43.6. The minimum Gasteiger partial charge on any atom is -0.398 e. The van der Waals surface area contributed by atoms with Gasteiger partial charge >= 0.3 is 6.18 Å². The molecule has 2 aromatic rings. The van der Waals surface area contributed by atoms with Crippen LogP contribution in [0, 0.1) is 19.3 Å². The second-order valence-corrected chi connectivity index (χ2v) is 4.37. The molecule has 4 nitrogen and oxygen atoms in total. The van der Waals surface area contributed by atoms with Crippen LogP contribution in [0.4, 0.5) is 18.9 Å². The van der Waals surface area contributed by atoms with Crippen LogP contribution in [-0.4, -0.2) is 11.4 Å². The average molecular weight is 283 g/mol. The summed E-state index contributed by atoms with van der Waals surface area (Å²) in [6.07, 6.45) is -3.58. The molecule has 0 radical (unpaired) electrons. The molecular weight excluding hydrogens is 271 g/mol. The number of nitrogen functional groups attached to an aromatic ring is 1. The zero-order chi connectivity index (χ0) is 15.1. The van der Waals surface area contributed by atoms with E-state index in [2.05, 4.69) is 5.16 Å². The number of aryl methyl sites for hydroxylation is 2. The predicted octanol–water partition coefficient (Wildman–Crippen LogP) is 3.56. The monoisotopic (exact) mass is 283 g/mol. The largest absolute Gasteiger partial charge is 0.416 e. The quantitative estimate of drug-likeness (QED) is 0.653. The van der Waals surface area contributed by atoms with E-state index in [4.69, 9.17) is 15.7 Å². The minimum atomic E-state index is -4.51. The summed E-state index contributed by atoms with van der Waals surface area (Å²) in [7, 11) is 0. The summed E-state index contributed by atoms with van der Waals surface area (Å²) in [6.45, 7) is 3.22. The van der Waals surface area contributed by atoms with Gasteiger partial charge < -0.3 is 15.7 Å². The van der Waals surface area contributed by atoms with Crippen LogP contribution in [0.25, 0.3) is 11.1 Å². The van der Waals surface area contributed by atoms with Gasteiger partial charge in [-0.1, -0.05) is 5.16 Å². The number of nitrogens with one attached hydrogen (secondary N) is 1. The fraction of sp³-hybridized carbons (Fsp3) is 0.231. The molecule has 0 saturated carbocycles. The molecule has 0 bridgehead atoms. The Balaban J connectivity index is 2.80. The Kier molecular flexibility index (Phi) is 3.29. The fourth-order valence-electron chi connectivity index (χ4n) is 2.07. The molecule has 0 fully saturated rings. The highest BCUT2D eigenvalue weighted by Crippen LogP contribution is 2.38. The second kappa shape index (κ2) is 4.66. The van der Waals surface area contributed by atoms with E-state index >= 15 is 0 Å². The van der Waals surface area contributed by atoms with E-state index in [-0.39, 0.29) is 16.8 Å². The highest BCUT2D eigenvalue weighted by atomic mass is 19.4. The number of benzene rings is 1. The summed E-state index contributed by atoms with van der Waals surface area (Å²) in [5, 5.41) is 11.1. The molecule has 0 unspecified atom stereocenters. The van der Waals surface area contributed by atoms with Crippen molar-refractivity contribution >= 4 is 11.9 Å². The Bertz CT molecular complexity index is 655. The van der Waals surface area contributed by atoms with Gasteiger partial charge in [-0.25, -0.2) is 0 Å². The van der Waals surface area contributed by atoms with Crippen molar-refractivity contribution < 1.29 is 17.7 Å². The number of halogens is 3. The first-order chi connectivity index (χ1) is 9.25. The maximum Gasteiger partial charge on any atom is 0.416 e. The van der Waals surface area contributed by atoms with Crippen molar-refractivity contribution in [2.45, 2.75) is 20.0 Å². The van der Waals surface area contributed by atoms with E-state index in [1.54, 1.807) is 13.8 Å². The topological polar surface area (TPSA) is 75.9 Å². The van der Waals surface area contributed by atoms with Gasteiger partial charge in [0, 0.05) is 23.0 Å². The van der Waals surface area contributed by atoms with Crippen LogP contribution in [0.3, 0.4) is 0 Å². The molecule has 0 aliphatic heterocycles. The van der Waals surface area contributed by atoms with Crippen molar-refractivity contribution in [2.75, 3.05) is 5.73 Å². The van der Waals surface area contributed by atoms with Gasteiger partial charge in [-0.05, 0) is 31.5 Å². The smallest absolute Gasteiger partial charge is 0.398 e. The maximum absolute atomic E-state index is 12.9. The Labute approximate surface area is 112 Å². The van der Waals surface area contributed by atoms with E-state index in [1.165, 1.54) is 0 Å². The van der Waals surface area contributed by atoms with E-state index in [0.29, 0.717) is 17.0 Å². The Morgan fingerprint density at radius 3 is 2.40 bits per heavy atom. The van der Waals surface area contributed by atoms with Crippen molar-refractivity contribution in [1.82, 2.24) is 5.16 Å². The summed E-state index contributed by atoms with van der Waals surface area (Å²) in [4.78, 5) is 0. The summed E-state index contributed by atoms with van der Waals surface area (Å²) in [6, 6.07) is 1.78. The lowest BCUT2D eigenvalue weighted by Crippen LogP contribution is -2.08. The van der Waals surface area contributed by atoms with E-state index < -0.39 is 11.7 Å². The summed E-state index contributed by atoms with van der Waals surface area (Å²) >= 11 is 0. The molecule has 0 amide bonds. The summed E-state index contributed by atoms with van der Waals surface area (Å²) in [5.74, 6) is 0.379. The standard InChI is InChI=1S/C13H12F3N3O/c1-6-12(7(2)20-19-6)9-3-8(13(14,15)16)4-11(18)10(9)5-17/h3-5,17H,18H2,1-2H3. The molecule has 0 atom stereocenters. The third-order valence-electron chi connectivity index (χ3n) is 2.99. The number of nitrogens with zero attached hydrogens (tertiary/aromatic N) is 1. The SMILES string of the molecule is Cc1noc(C)c1-c1cc(C(F)(F)F)cc(N)c1C=N. The molecule has 0 aliphatic carbocycles. The van der Waals surface area contributed by atoms with Crippen molar-refractivity contribution in [2.24, 2.45) is 0 Å². The highest BCUT2D eigenvalue weighted by molar-refractivity contribution is 5.96. The zero-order valence-electron chi connectivity index (χ0n) is 10.8. The summed E-state index contributed by atoms with van der Waals surface area (Å²) in [5.41, 5.74) is 5.95. The molecule has 1 heterocycles. The van der Waals surface area contributed by atoms with Crippen molar-refractivity contribution in [3.63, 3.8) is 0 Å². The van der Waals surface area contributed by atoms with Crippen molar-refractivity contribution in [1.29, 1.82) is 5.41 Å². The van der Waals surface area contributed by atoms with Crippen molar-refractivity contribution in [3.8, 4) is 11.1 Å². The van der Waals surface area contributed by atoms with Gasteiger partial charge in [0.15, 0.2) is 0 Å². The van der Waals surface area contributed by atoms with Crippen molar-refractivity contribution in [3.05, 3.63) is 34.7 Å². The molecule has 7 heteroatoms. The fourth-order valence-corrected chi connectivity index (χ4v) is 2.07. The number of nitrogens with two attached hydrogens (primary N) is 1. The van der Waals surface area contributed by atoms with Gasteiger partial charge in [-0.2, -0.15) is 13.2 Å². The molecule has 0 aliphatic rings. The lowest BCUT2D eigenvalue weighted by molar-refractivity contribution is -0.137. The molecule has 1 aromatic heterocycles. The molecule has 20 heavy (non-hydrogen) atoms. The Morgan fingerprint density at radius 1 is 1.30 bits per heavy atom. The highest BCUT2D eigenvalue weighted by Gasteiger charge is 2.32. The Hall–Kier alpha value is -2.31. The minimum absolute atomic E-state index is 0.107. The normalized spacial score (nSPS) is 11.7. The number of anilines is 1. The molecule has 0 spiro atoms. The van der Waals surface area contributed by atoms with Crippen LogP contribution < -0.4 is 5.73 Å². The third-order valence-corrected chi connectivity index (χ3v) is 2.99. The van der Waals surface area contributed by atoms with E-state index in [9.17, 15) is 13.2 Å². The molecule has 3 N–H and O–H groups in total. The van der Waals surface area contributed by atoms with Gasteiger partial charge in [0.05, 0.1) is 11.3 Å². The number of rotatable bonds is 2. The van der Waals surface area contributed by atoms with Crippen LogP contribution in [0.15, 0.2) is 16.7 Å². The number of alkyl halides is 3. The van der Waals surface area contributed by atoms with E-state index in [1.807, 2.05) is 0 Å². The van der Waals surface area contributed by atoms with Crippen LogP contribution in [0.5, 0.6) is 0 Å². The van der Waals surface area contributed by atoms with E-state index in [0.717, 1.165) is 18.3 Å². The second-order valence-electron chi connectivity index (χ2n) is 4.37. The first kappa shape index (κ1) is 14.1. The first-order valence-electron chi connectivity index (χ1n) is 5.70. The van der Waals surface area contributed by atoms with Gasteiger partial charge in [-0.3, -0.25) is 0 Å². The molecule has 2 rings (SSSR count). The number of hydrogen-bond acceptors (Lipinski definition) is 4. The first-order valence-corrected chi connectivity index (χ1v) is 5.70. The lowest BCUT2D eigenvalue weighted by Gasteiger charge is -2.13. The molecule has 0 saturated heterocycles. The maximum atomic E-state index is 12.9. The third kappa shape index (κ3) is 2.26. The molecule has 1 aromatic carbocycles. The molecular formula is C13H12F3N3O. The molecule has 106 valence electrons. The zero-order valence-corrected chi connectivity index (χ0v) is 10.8. The van der Waals surface area contributed by atoms with Gasteiger partial charge in [-0.15, -0.1) is 0 Å². The van der Waals surface area contributed by atoms with Crippen LogP contribution in [0.2, 0.25) is 0 Å². The van der Waals surface area contributed by atoms with Crippen LogP contribution >= 0.6 is 0 Å². The van der Waals surface area contributed by atoms with Gasteiger partial charge in [0.1, 0.15) is 5.76 Å². The number of aromatic nitrogens is 1. The lowest BCUT2D eigenvalue weighted by atomic mass is 9.95. The average Bonchev–Trinajstić information content (AvgIpc) is 2.67. The van der Waals surface area contributed by atoms with Crippen LogP contribution in [0.1, 0.15) is 22.6 Å². The Morgan fingerprint density at radius 2 is 1.95 bits per heavy atom. The van der Waals surface area contributed by atoms with Crippen LogP contribution in [-0.2, 0) is 6.18 Å². The van der Waals surface area contributed by atoms with Gasteiger partial charge in [0.2, 0.25) is 0 Å². The number of hydrogen-bond donors (Lipinski definition) is 2. The predicted molar refractivity (Wildman–Crippen MR) is 68.7 cm³/mol. The van der Waals surface area contributed by atoms with Gasteiger partial charge in [0.25, 0.3) is 0 Å².